The molecule has 1 aromatic carbocycles. The van der Waals surface area contributed by atoms with E-state index in [1.165, 1.54) is 0 Å². The van der Waals surface area contributed by atoms with E-state index < -0.39 is 0 Å². The number of carbonyl (C=O) groups excluding carboxylic acids is 3. The lowest BCUT2D eigenvalue weighted by Crippen LogP contribution is -2.44. The molecule has 1 unspecified atom stereocenters. The minimum atomic E-state index is -0.333. The van der Waals surface area contributed by atoms with Crippen LogP contribution in [0.2, 0.25) is 0 Å². The smallest absolute Gasteiger partial charge is 0.228 e. The lowest BCUT2D eigenvalue weighted by atomic mass is 9.94. The predicted molar refractivity (Wildman–Crippen MR) is 115 cm³/mol. The van der Waals surface area contributed by atoms with Crippen LogP contribution in [-0.4, -0.2) is 47.4 Å². The number of rotatable bonds is 5. The van der Waals surface area contributed by atoms with Crippen molar-refractivity contribution in [3.63, 3.8) is 0 Å². The van der Waals surface area contributed by atoms with Gasteiger partial charge in [0.25, 0.3) is 0 Å². The van der Waals surface area contributed by atoms with Crippen molar-refractivity contribution in [3.05, 3.63) is 41.7 Å². The lowest BCUT2D eigenvalue weighted by molar-refractivity contribution is -0.138. The third-order valence-electron chi connectivity index (χ3n) is 6.19. The normalized spacial score (nSPS) is 19.7. The van der Waals surface area contributed by atoms with Crippen molar-refractivity contribution in [2.24, 2.45) is 11.8 Å². The number of carbonyl (C=O) groups is 3. The van der Waals surface area contributed by atoms with Crippen molar-refractivity contribution in [1.29, 1.82) is 0 Å². The molecule has 2 aliphatic heterocycles. The van der Waals surface area contributed by atoms with E-state index in [1.807, 2.05) is 24.3 Å². The molecule has 1 aromatic heterocycles. The van der Waals surface area contributed by atoms with Crippen LogP contribution in [0.1, 0.15) is 37.5 Å². The van der Waals surface area contributed by atoms with Crippen LogP contribution in [0.3, 0.4) is 0 Å². The molecule has 4 rings (SSSR count). The minimum absolute atomic E-state index is 0.00332. The van der Waals surface area contributed by atoms with Gasteiger partial charge in [-0.25, -0.2) is 0 Å². The fraction of sp³-hybridized carbons (Fsp3) is 0.478. The zero-order valence-electron chi connectivity index (χ0n) is 18.0. The molecule has 0 spiro atoms. The van der Waals surface area contributed by atoms with Crippen molar-refractivity contribution in [2.75, 3.05) is 29.9 Å². The van der Waals surface area contributed by atoms with Crippen LogP contribution < -0.4 is 10.2 Å². The average molecular weight is 425 g/mol. The van der Waals surface area contributed by atoms with E-state index in [9.17, 15) is 14.4 Å². The van der Waals surface area contributed by atoms with Crippen LogP contribution >= 0.6 is 0 Å². The number of hydrogen-bond acceptors (Lipinski definition) is 5. The van der Waals surface area contributed by atoms with Gasteiger partial charge in [-0.05, 0) is 37.8 Å². The van der Waals surface area contributed by atoms with Gasteiger partial charge in [0.2, 0.25) is 17.7 Å². The fourth-order valence-electron chi connectivity index (χ4n) is 4.45. The first-order valence-corrected chi connectivity index (χ1v) is 10.9. The molecule has 31 heavy (non-hydrogen) atoms. The van der Waals surface area contributed by atoms with Gasteiger partial charge in [-0.1, -0.05) is 30.3 Å². The molecule has 3 amide bonds. The van der Waals surface area contributed by atoms with E-state index in [2.05, 4.69) is 17.4 Å². The number of aryl methyl sites for hydroxylation is 2. The topological polar surface area (TPSA) is 95.8 Å². The zero-order chi connectivity index (χ0) is 22.0. The number of para-hydroxylation sites is 1. The summed E-state index contributed by atoms with van der Waals surface area (Å²) >= 11 is 0. The van der Waals surface area contributed by atoms with Crippen LogP contribution in [0.25, 0.3) is 0 Å². The molecule has 3 heterocycles. The first-order chi connectivity index (χ1) is 15.0. The Labute approximate surface area is 181 Å². The van der Waals surface area contributed by atoms with Gasteiger partial charge in [-0.3, -0.25) is 14.4 Å². The van der Waals surface area contributed by atoms with Crippen molar-refractivity contribution in [2.45, 2.75) is 39.5 Å². The number of piperidine rings is 1. The van der Waals surface area contributed by atoms with Crippen LogP contribution in [0.15, 0.2) is 34.9 Å². The number of likely N-dealkylation sites (tertiary alicyclic amines) is 1. The summed E-state index contributed by atoms with van der Waals surface area (Å²) in [5.41, 5.74) is 2.02. The molecular weight excluding hydrogens is 396 g/mol. The van der Waals surface area contributed by atoms with Gasteiger partial charge in [-0.15, -0.1) is 0 Å². The summed E-state index contributed by atoms with van der Waals surface area (Å²) in [4.78, 5) is 41.7. The number of amides is 3. The van der Waals surface area contributed by atoms with Gasteiger partial charge in [0, 0.05) is 43.7 Å². The number of nitrogens with one attached hydrogen (secondary N) is 1. The number of hydrogen-bond donors (Lipinski definition) is 1. The first-order valence-electron chi connectivity index (χ1n) is 10.9. The minimum Gasteiger partial charge on any atom is -0.360 e. The maximum absolute atomic E-state index is 13.1. The lowest BCUT2D eigenvalue weighted by Gasteiger charge is -2.32. The standard InChI is InChI=1S/C23H28N4O4/c1-3-16-6-4-5-7-19(16)27-14-18(13-21(27)28)23(30)26-10-8-17(9-11-26)22(29)24-20-12-15(2)31-25-20/h4-7,12,17-18H,3,8-11,13-14H2,1-2H3,(H,24,25,29). The monoisotopic (exact) mass is 424 g/mol. The number of aromatic nitrogens is 1. The van der Waals surface area contributed by atoms with Crippen molar-refractivity contribution in [1.82, 2.24) is 10.1 Å². The Morgan fingerprint density at radius 2 is 1.94 bits per heavy atom. The summed E-state index contributed by atoms with van der Waals surface area (Å²) < 4.78 is 4.97. The molecule has 0 radical (unpaired) electrons. The summed E-state index contributed by atoms with van der Waals surface area (Å²) in [7, 11) is 0. The Bertz CT molecular complexity index is 977. The molecule has 0 bridgehead atoms. The third-order valence-corrected chi connectivity index (χ3v) is 6.19. The third kappa shape index (κ3) is 4.47. The maximum atomic E-state index is 13.1. The Balaban J connectivity index is 1.32. The quantitative estimate of drug-likeness (QED) is 0.796. The first kappa shape index (κ1) is 21.1. The molecule has 8 nitrogen and oxygen atoms in total. The highest BCUT2D eigenvalue weighted by molar-refractivity contribution is 6.01. The van der Waals surface area contributed by atoms with Gasteiger partial charge in [-0.2, -0.15) is 0 Å². The van der Waals surface area contributed by atoms with Crippen molar-refractivity contribution >= 4 is 29.2 Å². The van der Waals surface area contributed by atoms with Gasteiger partial charge in [0.15, 0.2) is 5.82 Å². The zero-order valence-corrected chi connectivity index (χ0v) is 18.0. The maximum Gasteiger partial charge on any atom is 0.228 e. The van der Waals surface area contributed by atoms with E-state index >= 15 is 0 Å². The molecule has 2 aliphatic rings. The number of nitrogens with zero attached hydrogens (tertiary/aromatic N) is 3. The average Bonchev–Trinajstić information content (AvgIpc) is 3.38. The second-order valence-electron chi connectivity index (χ2n) is 8.30. The number of anilines is 2. The van der Waals surface area contributed by atoms with E-state index in [4.69, 9.17) is 4.52 Å². The molecule has 2 saturated heterocycles. The summed E-state index contributed by atoms with van der Waals surface area (Å²) in [5, 5.41) is 6.56. The summed E-state index contributed by atoms with van der Waals surface area (Å²) in [6, 6.07) is 9.54. The Kier molecular flexibility index (Phi) is 6.06. The van der Waals surface area contributed by atoms with E-state index in [1.54, 1.807) is 22.8 Å². The van der Waals surface area contributed by atoms with E-state index in [0.29, 0.717) is 44.1 Å². The highest BCUT2D eigenvalue weighted by atomic mass is 16.5. The SMILES string of the molecule is CCc1ccccc1N1CC(C(=O)N2CCC(C(=O)Nc3cc(C)on3)CC2)CC1=O. The van der Waals surface area contributed by atoms with Crippen LogP contribution in [0, 0.1) is 18.8 Å². The molecular formula is C23H28N4O4. The molecule has 1 N–H and O–H groups in total. The van der Waals surface area contributed by atoms with Gasteiger partial charge >= 0.3 is 0 Å². The Morgan fingerprint density at radius 3 is 2.61 bits per heavy atom. The summed E-state index contributed by atoms with van der Waals surface area (Å²) in [5.74, 6) is 0.460. The molecule has 8 heteroatoms. The van der Waals surface area contributed by atoms with Gasteiger partial charge < -0.3 is 19.6 Å². The van der Waals surface area contributed by atoms with Crippen molar-refractivity contribution < 1.29 is 18.9 Å². The molecule has 164 valence electrons. The Hall–Kier alpha value is -3.16. The molecule has 2 fully saturated rings. The van der Waals surface area contributed by atoms with Crippen molar-refractivity contribution in [3.8, 4) is 0 Å². The highest BCUT2D eigenvalue weighted by Gasteiger charge is 2.39. The molecule has 0 saturated carbocycles. The number of benzene rings is 1. The van der Waals surface area contributed by atoms with Gasteiger partial charge in [0.05, 0.1) is 5.92 Å². The molecule has 0 aliphatic carbocycles. The van der Waals surface area contributed by atoms with E-state index in [-0.39, 0.29) is 36.0 Å². The van der Waals surface area contributed by atoms with Gasteiger partial charge in [0.1, 0.15) is 5.76 Å². The van der Waals surface area contributed by atoms with Crippen LogP contribution in [-0.2, 0) is 20.8 Å². The molecule has 1 atom stereocenters. The van der Waals surface area contributed by atoms with Crippen LogP contribution in [0.5, 0.6) is 0 Å². The fourth-order valence-corrected chi connectivity index (χ4v) is 4.45. The summed E-state index contributed by atoms with van der Waals surface area (Å²) in [6.45, 7) is 5.28. The second-order valence-corrected chi connectivity index (χ2v) is 8.30. The highest BCUT2D eigenvalue weighted by Crippen LogP contribution is 2.30. The molecule has 2 aromatic rings. The van der Waals surface area contributed by atoms with E-state index in [0.717, 1.165) is 17.7 Å². The predicted octanol–water partition coefficient (Wildman–Crippen LogP) is 2.78. The Morgan fingerprint density at radius 1 is 1.19 bits per heavy atom. The second kappa shape index (κ2) is 8.91. The van der Waals surface area contributed by atoms with Crippen LogP contribution in [0.4, 0.5) is 11.5 Å². The largest absolute Gasteiger partial charge is 0.360 e. The summed E-state index contributed by atoms with van der Waals surface area (Å²) in [6.07, 6.45) is 2.26.